The first-order valence-electron chi connectivity index (χ1n) is 5.44. The lowest BCUT2D eigenvalue weighted by molar-refractivity contribution is 0.0568. The number of hydrogen-bond acceptors (Lipinski definition) is 3. The first kappa shape index (κ1) is 12.7. The zero-order valence-electron chi connectivity index (χ0n) is 9.69. The van der Waals surface area contributed by atoms with Gasteiger partial charge in [0.05, 0.1) is 12.2 Å². The molecule has 0 amide bonds. The minimum absolute atomic E-state index is 0.130. The van der Waals surface area contributed by atoms with Crippen molar-refractivity contribution in [2.75, 3.05) is 7.11 Å². The third kappa shape index (κ3) is 4.33. The van der Waals surface area contributed by atoms with Crippen LogP contribution in [-0.4, -0.2) is 24.4 Å². The summed E-state index contributed by atoms with van der Waals surface area (Å²) in [5, 5.41) is 9.81. The second-order valence-corrected chi connectivity index (χ2v) is 5.11. The number of rotatable bonds is 6. The van der Waals surface area contributed by atoms with Gasteiger partial charge < -0.3 is 9.84 Å². The molecule has 1 aromatic heterocycles. The zero-order chi connectivity index (χ0) is 11.3. The molecule has 2 unspecified atom stereocenters. The van der Waals surface area contributed by atoms with Crippen molar-refractivity contribution < 1.29 is 9.84 Å². The zero-order valence-corrected chi connectivity index (χ0v) is 10.5. The van der Waals surface area contributed by atoms with E-state index in [1.165, 1.54) is 9.75 Å². The van der Waals surface area contributed by atoms with E-state index in [0.717, 1.165) is 12.8 Å². The van der Waals surface area contributed by atoms with Crippen LogP contribution in [0, 0.1) is 0 Å². The summed E-state index contributed by atoms with van der Waals surface area (Å²) in [5.74, 6) is 0. The molecule has 15 heavy (non-hydrogen) atoms. The maximum absolute atomic E-state index is 9.81. The van der Waals surface area contributed by atoms with E-state index in [9.17, 15) is 5.11 Å². The number of methoxy groups -OCH3 is 1. The fourth-order valence-electron chi connectivity index (χ4n) is 1.52. The molecule has 1 N–H and O–H groups in total. The number of aliphatic hydroxyl groups excluding tert-OH is 1. The lowest BCUT2D eigenvalue weighted by Crippen LogP contribution is -2.18. The van der Waals surface area contributed by atoms with E-state index in [-0.39, 0.29) is 12.2 Å². The minimum Gasteiger partial charge on any atom is -0.393 e. The van der Waals surface area contributed by atoms with Gasteiger partial charge in [0.1, 0.15) is 0 Å². The molecule has 0 aliphatic rings. The van der Waals surface area contributed by atoms with Gasteiger partial charge in [0.15, 0.2) is 0 Å². The SMILES string of the molecule is CCc1ccc(CC(O)CC(C)OC)s1. The molecule has 0 fully saturated rings. The van der Waals surface area contributed by atoms with Gasteiger partial charge in [-0.05, 0) is 31.9 Å². The highest BCUT2D eigenvalue weighted by Crippen LogP contribution is 2.19. The van der Waals surface area contributed by atoms with Crippen LogP contribution < -0.4 is 0 Å². The highest BCUT2D eigenvalue weighted by molar-refractivity contribution is 7.11. The van der Waals surface area contributed by atoms with Crippen molar-refractivity contribution in [3.05, 3.63) is 21.9 Å². The predicted molar refractivity (Wildman–Crippen MR) is 64.5 cm³/mol. The van der Waals surface area contributed by atoms with E-state index in [1.54, 1.807) is 18.4 Å². The molecule has 1 rings (SSSR count). The summed E-state index contributed by atoms with van der Waals surface area (Å²) in [4.78, 5) is 2.65. The van der Waals surface area contributed by atoms with Gasteiger partial charge >= 0.3 is 0 Å². The van der Waals surface area contributed by atoms with Crippen molar-refractivity contribution in [2.24, 2.45) is 0 Å². The second-order valence-electron chi connectivity index (χ2n) is 3.86. The number of aliphatic hydroxyl groups is 1. The van der Waals surface area contributed by atoms with Gasteiger partial charge in [0, 0.05) is 23.3 Å². The monoisotopic (exact) mass is 228 g/mol. The third-order valence-corrected chi connectivity index (χ3v) is 3.76. The summed E-state index contributed by atoms with van der Waals surface area (Å²) in [6.45, 7) is 4.13. The molecular weight excluding hydrogens is 208 g/mol. The number of hydrogen-bond donors (Lipinski definition) is 1. The van der Waals surface area contributed by atoms with E-state index >= 15 is 0 Å². The molecule has 2 atom stereocenters. The van der Waals surface area contributed by atoms with Gasteiger partial charge in [-0.2, -0.15) is 0 Å². The van der Waals surface area contributed by atoms with Crippen molar-refractivity contribution >= 4 is 11.3 Å². The van der Waals surface area contributed by atoms with Crippen LogP contribution in [0.3, 0.4) is 0 Å². The normalized spacial score (nSPS) is 15.2. The van der Waals surface area contributed by atoms with Gasteiger partial charge in [-0.3, -0.25) is 0 Å². The topological polar surface area (TPSA) is 29.5 Å². The van der Waals surface area contributed by atoms with Gasteiger partial charge in [-0.15, -0.1) is 11.3 Å². The number of ether oxygens (including phenoxy) is 1. The van der Waals surface area contributed by atoms with Crippen LogP contribution in [0.2, 0.25) is 0 Å². The summed E-state index contributed by atoms with van der Waals surface area (Å²) in [5.41, 5.74) is 0. The Morgan fingerprint density at radius 1 is 1.40 bits per heavy atom. The van der Waals surface area contributed by atoms with Crippen molar-refractivity contribution in [1.82, 2.24) is 0 Å². The van der Waals surface area contributed by atoms with Crippen LogP contribution in [0.4, 0.5) is 0 Å². The molecule has 0 radical (unpaired) electrons. The van der Waals surface area contributed by atoms with Crippen molar-refractivity contribution in [2.45, 2.75) is 45.3 Å². The lowest BCUT2D eigenvalue weighted by Gasteiger charge is -2.14. The summed E-state index contributed by atoms with van der Waals surface area (Å²) in [7, 11) is 1.68. The van der Waals surface area contributed by atoms with E-state index < -0.39 is 0 Å². The molecule has 86 valence electrons. The van der Waals surface area contributed by atoms with Gasteiger partial charge in [-0.25, -0.2) is 0 Å². The fraction of sp³-hybridized carbons (Fsp3) is 0.667. The predicted octanol–water partition coefficient (Wildman–Crippen LogP) is 2.64. The van der Waals surface area contributed by atoms with Crippen LogP contribution in [0.5, 0.6) is 0 Å². The van der Waals surface area contributed by atoms with Crippen molar-refractivity contribution in [1.29, 1.82) is 0 Å². The largest absolute Gasteiger partial charge is 0.393 e. The Kier molecular flexibility index (Phi) is 5.29. The maximum Gasteiger partial charge on any atom is 0.0613 e. The number of aryl methyl sites for hydroxylation is 1. The quantitative estimate of drug-likeness (QED) is 0.811. The molecule has 0 bridgehead atoms. The summed E-state index contributed by atoms with van der Waals surface area (Å²) < 4.78 is 5.13. The summed E-state index contributed by atoms with van der Waals surface area (Å²) in [6, 6.07) is 4.26. The van der Waals surface area contributed by atoms with E-state index in [2.05, 4.69) is 19.1 Å². The van der Waals surface area contributed by atoms with Crippen LogP contribution in [0.1, 0.15) is 30.0 Å². The molecule has 3 heteroatoms. The van der Waals surface area contributed by atoms with Crippen LogP contribution in [0.15, 0.2) is 12.1 Å². The highest BCUT2D eigenvalue weighted by Gasteiger charge is 2.11. The average molecular weight is 228 g/mol. The van der Waals surface area contributed by atoms with Gasteiger partial charge in [-0.1, -0.05) is 6.92 Å². The van der Waals surface area contributed by atoms with Crippen molar-refractivity contribution in [3.8, 4) is 0 Å². The molecule has 0 aliphatic carbocycles. The van der Waals surface area contributed by atoms with E-state index in [4.69, 9.17) is 4.74 Å². The standard InChI is InChI=1S/C12H20O2S/c1-4-11-5-6-12(15-11)8-10(13)7-9(2)14-3/h5-6,9-10,13H,4,7-8H2,1-3H3. The Morgan fingerprint density at radius 3 is 2.60 bits per heavy atom. The third-order valence-electron chi connectivity index (χ3n) is 2.51. The molecule has 0 aromatic carbocycles. The summed E-state index contributed by atoms with van der Waals surface area (Å²) >= 11 is 1.80. The molecule has 0 saturated heterocycles. The maximum atomic E-state index is 9.81. The Labute approximate surface area is 95.9 Å². The fourth-order valence-corrected chi connectivity index (χ4v) is 2.55. The molecule has 1 aromatic rings. The van der Waals surface area contributed by atoms with E-state index in [1.807, 2.05) is 6.92 Å². The molecule has 0 aliphatic heterocycles. The van der Waals surface area contributed by atoms with Gasteiger partial charge in [0.25, 0.3) is 0 Å². The number of thiophene rings is 1. The van der Waals surface area contributed by atoms with E-state index in [0.29, 0.717) is 6.42 Å². The Morgan fingerprint density at radius 2 is 2.07 bits per heavy atom. The molecule has 2 nitrogen and oxygen atoms in total. The Balaban J connectivity index is 2.40. The highest BCUT2D eigenvalue weighted by atomic mass is 32.1. The van der Waals surface area contributed by atoms with Crippen LogP contribution >= 0.6 is 11.3 Å². The molecule has 0 spiro atoms. The Hall–Kier alpha value is -0.380. The van der Waals surface area contributed by atoms with Crippen molar-refractivity contribution in [3.63, 3.8) is 0 Å². The average Bonchev–Trinajstić information content (AvgIpc) is 2.65. The van der Waals surface area contributed by atoms with Crippen LogP contribution in [-0.2, 0) is 17.6 Å². The summed E-state index contributed by atoms with van der Waals surface area (Å²) in [6.07, 6.45) is 2.37. The molecular formula is C12H20O2S. The van der Waals surface area contributed by atoms with Gasteiger partial charge in [0.2, 0.25) is 0 Å². The smallest absolute Gasteiger partial charge is 0.0613 e. The minimum atomic E-state index is -0.289. The molecule has 1 heterocycles. The van der Waals surface area contributed by atoms with Crippen LogP contribution in [0.25, 0.3) is 0 Å². The second kappa shape index (κ2) is 6.26. The first-order valence-corrected chi connectivity index (χ1v) is 6.25. The molecule has 0 saturated carbocycles. The first-order chi connectivity index (χ1) is 7.15. The lowest BCUT2D eigenvalue weighted by atomic mass is 10.1. The Bertz CT molecular complexity index is 283.